The molecule has 1 aliphatic rings. The van der Waals surface area contributed by atoms with Gasteiger partial charge in [-0.15, -0.1) is 0 Å². The predicted octanol–water partition coefficient (Wildman–Crippen LogP) is 2.98. The van der Waals surface area contributed by atoms with Crippen molar-refractivity contribution in [2.24, 2.45) is 7.05 Å². The summed E-state index contributed by atoms with van der Waals surface area (Å²) in [6.07, 6.45) is -0.505. The van der Waals surface area contributed by atoms with Gasteiger partial charge in [-0.2, -0.15) is 5.10 Å². The Kier molecular flexibility index (Phi) is 5.47. The fourth-order valence-electron chi connectivity index (χ4n) is 3.26. The highest BCUT2D eigenvalue weighted by Crippen LogP contribution is 2.21. The molecule has 1 aromatic heterocycles. The van der Waals surface area contributed by atoms with E-state index < -0.39 is 6.09 Å². The number of carbonyl (C=O) groups excluding carboxylic acids is 2. The maximum absolute atomic E-state index is 13.1. The number of nitrogens with zero attached hydrogens (tertiary/aromatic N) is 3. The molecular weight excluding hydrogens is 387 g/mol. The van der Waals surface area contributed by atoms with E-state index in [2.05, 4.69) is 10.4 Å². The summed E-state index contributed by atoms with van der Waals surface area (Å²) in [4.78, 5) is 26.3. The van der Waals surface area contributed by atoms with Gasteiger partial charge in [-0.05, 0) is 35.9 Å². The van der Waals surface area contributed by atoms with Crippen LogP contribution in [0.2, 0.25) is 0 Å². The lowest BCUT2D eigenvalue weighted by atomic mass is 10.1. The van der Waals surface area contributed by atoms with Gasteiger partial charge in [-0.25, -0.2) is 9.18 Å². The van der Waals surface area contributed by atoms with Gasteiger partial charge in [0.15, 0.2) is 0 Å². The molecule has 0 spiro atoms. The molecule has 2 aromatic carbocycles. The molecule has 0 radical (unpaired) electrons. The topological polar surface area (TPSA) is 76.5 Å². The summed E-state index contributed by atoms with van der Waals surface area (Å²) in [5.41, 5.74) is 2.67. The Labute approximate surface area is 173 Å². The van der Waals surface area contributed by atoms with Crippen molar-refractivity contribution in [1.29, 1.82) is 0 Å². The Morgan fingerprint density at radius 3 is 2.53 bits per heavy atom. The maximum Gasteiger partial charge on any atom is 0.407 e. The van der Waals surface area contributed by atoms with Gasteiger partial charge in [-0.3, -0.25) is 9.48 Å². The number of amides is 2. The van der Waals surface area contributed by atoms with E-state index in [1.807, 2.05) is 30.3 Å². The normalized spacial score (nSPS) is 13.6. The van der Waals surface area contributed by atoms with Crippen molar-refractivity contribution in [1.82, 2.24) is 20.0 Å². The minimum absolute atomic E-state index is 0.151. The van der Waals surface area contributed by atoms with Crippen molar-refractivity contribution in [2.45, 2.75) is 12.6 Å². The molecule has 154 valence electrons. The third kappa shape index (κ3) is 4.32. The number of hydrogen-bond acceptors (Lipinski definition) is 4. The van der Waals surface area contributed by atoms with Crippen LogP contribution < -0.4 is 5.32 Å². The molecule has 7 nitrogen and oxygen atoms in total. The standard InChI is InChI=1S/C22H21FN4O3/c1-26-20(11-19(25-26)16-7-9-17(23)10-8-16)21(28)27-12-18(13-27)24-22(29)30-14-15-5-3-2-4-6-15/h2-11,18H,12-14H2,1H3,(H,24,29). The number of ether oxygens (including phenoxy) is 1. The molecule has 1 fully saturated rings. The van der Waals surface area contributed by atoms with E-state index in [0.717, 1.165) is 11.1 Å². The number of nitrogens with one attached hydrogen (secondary N) is 1. The van der Waals surface area contributed by atoms with Gasteiger partial charge in [0.1, 0.15) is 18.1 Å². The Morgan fingerprint density at radius 2 is 1.83 bits per heavy atom. The lowest BCUT2D eigenvalue weighted by molar-refractivity contribution is 0.0535. The zero-order valence-electron chi connectivity index (χ0n) is 16.4. The van der Waals surface area contributed by atoms with Crippen molar-refractivity contribution in [2.75, 3.05) is 13.1 Å². The predicted molar refractivity (Wildman–Crippen MR) is 108 cm³/mol. The monoisotopic (exact) mass is 408 g/mol. The Balaban J connectivity index is 1.29. The third-order valence-electron chi connectivity index (χ3n) is 4.94. The van der Waals surface area contributed by atoms with E-state index >= 15 is 0 Å². The zero-order valence-corrected chi connectivity index (χ0v) is 16.4. The molecule has 2 amide bonds. The highest BCUT2D eigenvalue weighted by molar-refractivity contribution is 5.94. The fraction of sp³-hybridized carbons (Fsp3) is 0.227. The van der Waals surface area contributed by atoms with Crippen LogP contribution in [0.3, 0.4) is 0 Å². The number of carbonyl (C=O) groups is 2. The summed E-state index contributed by atoms with van der Waals surface area (Å²) in [6, 6.07) is 16.9. The zero-order chi connectivity index (χ0) is 21.1. The Morgan fingerprint density at radius 1 is 1.13 bits per heavy atom. The molecule has 1 saturated heterocycles. The molecule has 8 heteroatoms. The van der Waals surface area contributed by atoms with Gasteiger partial charge in [-0.1, -0.05) is 30.3 Å². The Hall–Kier alpha value is -3.68. The van der Waals surface area contributed by atoms with Gasteiger partial charge < -0.3 is 15.0 Å². The lowest BCUT2D eigenvalue weighted by Crippen LogP contribution is -2.61. The second-order valence-corrected chi connectivity index (χ2v) is 7.16. The van der Waals surface area contributed by atoms with Crippen molar-refractivity contribution in [3.63, 3.8) is 0 Å². The van der Waals surface area contributed by atoms with Crippen LogP contribution >= 0.6 is 0 Å². The van der Waals surface area contributed by atoms with Crippen LogP contribution in [0.15, 0.2) is 60.7 Å². The highest BCUT2D eigenvalue weighted by Gasteiger charge is 2.34. The molecule has 30 heavy (non-hydrogen) atoms. The van der Waals surface area contributed by atoms with Gasteiger partial charge in [0.2, 0.25) is 0 Å². The number of likely N-dealkylation sites (tertiary alicyclic amines) is 1. The molecule has 3 aromatic rings. The molecule has 0 bridgehead atoms. The average molecular weight is 408 g/mol. The number of aromatic nitrogens is 2. The summed E-state index contributed by atoms with van der Waals surface area (Å²) in [5, 5.41) is 7.11. The van der Waals surface area contributed by atoms with Crippen molar-refractivity contribution in [3.05, 3.63) is 77.7 Å². The summed E-state index contributed by atoms with van der Waals surface area (Å²) in [6.45, 7) is 0.996. The SMILES string of the molecule is Cn1nc(-c2ccc(F)cc2)cc1C(=O)N1CC(NC(=O)OCc2ccccc2)C1. The average Bonchev–Trinajstić information content (AvgIpc) is 3.11. The summed E-state index contributed by atoms with van der Waals surface area (Å²) >= 11 is 0. The summed E-state index contributed by atoms with van der Waals surface area (Å²) in [7, 11) is 1.69. The molecule has 1 N–H and O–H groups in total. The molecule has 0 atom stereocenters. The van der Waals surface area contributed by atoms with E-state index in [9.17, 15) is 14.0 Å². The van der Waals surface area contributed by atoms with Gasteiger partial charge in [0, 0.05) is 25.7 Å². The van der Waals surface area contributed by atoms with Crippen molar-refractivity contribution < 1.29 is 18.7 Å². The second kappa shape index (κ2) is 8.36. The lowest BCUT2D eigenvalue weighted by Gasteiger charge is -2.39. The molecule has 2 heterocycles. The summed E-state index contributed by atoms with van der Waals surface area (Å²) < 4.78 is 19.8. The number of hydrogen-bond donors (Lipinski definition) is 1. The number of rotatable bonds is 5. The van der Waals surface area contributed by atoms with Crippen LogP contribution in [0.1, 0.15) is 16.1 Å². The highest BCUT2D eigenvalue weighted by atomic mass is 19.1. The smallest absolute Gasteiger partial charge is 0.407 e. The van der Waals surface area contributed by atoms with E-state index in [-0.39, 0.29) is 24.4 Å². The van der Waals surface area contributed by atoms with E-state index in [0.29, 0.717) is 24.5 Å². The molecule has 0 aliphatic carbocycles. The van der Waals surface area contributed by atoms with Crippen molar-refractivity contribution >= 4 is 12.0 Å². The molecule has 1 aliphatic heterocycles. The van der Waals surface area contributed by atoms with Gasteiger partial charge in [0.05, 0.1) is 11.7 Å². The third-order valence-corrected chi connectivity index (χ3v) is 4.94. The van der Waals surface area contributed by atoms with Gasteiger partial charge >= 0.3 is 6.09 Å². The summed E-state index contributed by atoms with van der Waals surface area (Å²) in [5.74, 6) is -0.499. The molecule has 0 unspecified atom stereocenters. The maximum atomic E-state index is 13.1. The first-order valence-electron chi connectivity index (χ1n) is 9.56. The van der Waals surface area contributed by atoms with E-state index in [1.165, 1.54) is 16.8 Å². The number of halogens is 1. The van der Waals surface area contributed by atoms with E-state index in [1.54, 1.807) is 30.1 Å². The first-order valence-corrected chi connectivity index (χ1v) is 9.56. The van der Waals surface area contributed by atoms with Crippen LogP contribution in [0, 0.1) is 5.82 Å². The fourth-order valence-corrected chi connectivity index (χ4v) is 3.26. The number of alkyl carbamates (subject to hydrolysis) is 1. The van der Waals surface area contributed by atoms with Gasteiger partial charge in [0.25, 0.3) is 5.91 Å². The minimum Gasteiger partial charge on any atom is -0.445 e. The van der Waals surface area contributed by atoms with E-state index in [4.69, 9.17) is 4.74 Å². The van der Waals surface area contributed by atoms with Crippen LogP contribution in [0.25, 0.3) is 11.3 Å². The van der Waals surface area contributed by atoms with Crippen LogP contribution in [0.4, 0.5) is 9.18 Å². The largest absolute Gasteiger partial charge is 0.445 e. The number of benzene rings is 2. The number of aryl methyl sites for hydroxylation is 1. The van der Waals surface area contributed by atoms with Crippen LogP contribution in [-0.2, 0) is 18.4 Å². The minimum atomic E-state index is -0.505. The quantitative estimate of drug-likeness (QED) is 0.704. The molecule has 4 rings (SSSR count). The van der Waals surface area contributed by atoms with Crippen LogP contribution in [-0.4, -0.2) is 45.8 Å². The Bertz CT molecular complexity index is 1040. The molecular formula is C22H21FN4O3. The van der Waals surface area contributed by atoms with Crippen molar-refractivity contribution in [3.8, 4) is 11.3 Å². The first kappa shape index (κ1) is 19.6. The first-order chi connectivity index (χ1) is 14.5. The second-order valence-electron chi connectivity index (χ2n) is 7.16. The van der Waals surface area contributed by atoms with Crippen LogP contribution in [0.5, 0.6) is 0 Å². The molecule has 0 saturated carbocycles.